The predicted molar refractivity (Wildman–Crippen MR) is 90.0 cm³/mol. The van der Waals surface area contributed by atoms with Gasteiger partial charge in [0.05, 0.1) is 0 Å². The van der Waals surface area contributed by atoms with Gasteiger partial charge in [-0.05, 0) is 56.3 Å². The third-order valence-corrected chi connectivity index (χ3v) is 4.36. The largest absolute Gasteiger partial charge is 0.311 e. The van der Waals surface area contributed by atoms with Gasteiger partial charge in [-0.1, -0.05) is 29.8 Å². The lowest BCUT2D eigenvalue weighted by atomic mass is 9.94. The van der Waals surface area contributed by atoms with E-state index in [0.717, 1.165) is 18.0 Å². The van der Waals surface area contributed by atoms with Gasteiger partial charge in [0.1, 0.15) is 0 Å². The highest BCUT2D eigenvalue weighted by Crippen LogP contribution is 2.25. The minimum absolute atomic E-state index is 0.131. The predicted octanol–water partition coefficient (Wildman–Crippen LogP) is 5.12. The van der Waals surface area contributed by atoms with Crippen molar-refractivity contribution in [2.45, 2.75) is 38.6 Å². The zero-order valence-corrected chi connectivity index (χ0v) is 13.9. The van der Waals surface area contributed by atoms with Crippen molar-refractivity contribution in [1.29, 1.82) is 0 Å². The lowest BCUT2D eigenvalue weighted by Gasteiger charge is -2.25. The van der Waals surface area contributed by atoms with Gasteiger partial charge < -0.3 is 5.32 Å². The molecule has 0 radical (unpaired) electrons. The van der Waals surface area contributed by atoms with Gasteiger partial charge in [-0.3, -0.25) is 0 Å². The van der Waals surface area contributed by atoms with E-state index in [9.17, 15) is 0 Å². The van der Waals surface area contributed by atoms with Crippen LogP contribution in [-0.4, -0.2) is 12.1 Å². The number of rotatable bonds is 5. The average molecular weight is 308 g/mol. The Morgan fingerprint density at radius 3 is 2.60 bits per heavy atom. The Kier molecular flexibility index (Phi) is 5.25. The van der Waals surface area contributed by atoms with Crippen LogP contribution in [0.4, 0.5) is 0 Å². The molecule has 0 aliphatic rings. The molecule has 0 saturated carbocycles. The summed E-state index contributed by atoms with van der Waals surface area (Å²) in [5.74, 6) is 0.451. The highest BCUT2D eigenvalue weighted by molar-refractivity contribution is 7.09. The van der Waals surface area contributed by atoms with Crippen LogP contribution in [0, 0.1) is 0 Å². The van der Waals surface area contributed by atoms with Crippen LogP contribution >= 0.6 is 22.9 Å². The van der Waals surface area contributed by atoms with Crippen LogP contribution in [-0.2, 0) is 6.42 Å². The maximum atomic E-state index is 6.14. The Labute approximate surface area is 131 Å². The zero-order chi connectivity index (χ0) is 14.6. The van der Waals surface area contributed by atoms with E-state index in [4.69, 9.17) is 11.6 Å². The summed E-state index contributed by atoms with van der Waals surface area (Å²) in [5, 5.41) is 6.57. The molecule has 0 bridgehead atoms. The summed E-state index contributed by atoms with van der Waals surface area (Å²) in [7, 11) is 0. The Morgan fingerprint density at radius 1 is 1.20 bits per heavy atom. The number of nitrogens with one attached hydrogen (secondary N) is 1. The summed E-state index contributed by atoms with van der Waals surface area (Å²) in [6, 6.07) is 12.6. The molecule has 0 saturated heterocycles. The van der Waals surface area contributed by atoms with Crippen molar-refractivity contribution in [2.75, 3.05) is 6.54 Å². The van der Waals surface area contributed by atoms with Gasteiger partial charge in [-0.25, -0.2) is 0 Å². The van der Waals surface area contributed by atoms with Crippen molar-refractivity contribution >= 4 is 22.9 Å². The van der Waals surface area contributed by atoms with Crippen molar-refractivity contribution < 1.29 is 0 Å². The Bertz CT molecular complexity index is 528. The first-order chi connectivity index (χ1) is 9.44. The van der Waals surface area contributed by atoms with Gasteiger partial charge in [0.25, 0.3) is 0 Å². The van der Waals surface area contributed by atoms with E-state index < -0.39 is 0 Å². The quantitative estimate of drug-likeness (QED) is 0.809. The lowest BCUT2D eigenvalue weighted by molar-refractivity contribution is 0.405. The van der Waals surface area contributed by atoms with Crippen molar-refractivity contribution in [1.82, 2.24) is 5.32 Å². The summed E-state index contributed by atoms with van der Waals surface area (Å²) in [6.07, 6.45) is 1.06. The Morgan fingerprint density at radius 2 is 2.00 bits per heavy atom. The molecule has 1 unspecified atom stereocenters. The molecular formula is C17H22ClNS. The molecule has 20 heavy (non-hydrogen) atoms. The van der Waals surface area contributed by atoms with E-state index in [2.05, 4.69) is 55.7 Å². The molecule has 3 heteroatoms. The molecule has 1 aromatic heterocycles. The fourth-order valence-electron chi connectivity index (χ4n) is 2.17. The van der Waals surface area contributed by atoms with Crippen molar-refractivity contribution in [3.8, 4) is 0 Å². The number of hydrogen-bond acceptors (Lipinski definition) is 2. The fraction of sp³-hybridized carbons (Fsp3) is 0.412. The van der Waals surface area contributed by atoms with E-state index in [1.165, 1.54) is 10.4 Å². The minimum atomic E-state index is 0.131. The monoisotopic (exact) mass is 307 g/mol. The standard InChI is InChI=1S/C17H22ClNS/c1-17(2,3)19-12-14(11-16-8-5-9-20-16)13-6-4-7-15(18)10-13/h4-10,14,19H,11-12H2,1-3H3. The van der Waals surface area contributed by atoms with Gasteiger partial charge in [0.2, 0.25) is 0 Å². The van der Waals surface area contributed by atoms with Crippen molar-refractivity contribution in [2.24, 2.45) is 0 Å². The molecule has 1 heterocycles. The first-order valence-corrected chi connectivity index (χ1v) is 8.23. The van der Waals surface area contributed by atoms with E-state index in [1.54, 1.807) is 0 Å². The first kappa shape index (κ1) is 15.6. The van der Waals surface area contributed by atoms with Crippen LogP contribution in [0.2, 0.25) is 5.02 Å². The number of thiophene rings is 1. The molecule has 0 aliphatic carbocycles. The van der Waals surface area contributed by atoms with Gasteiger partial charge in [0.15, 0.2) is 0 Å². The van der Waals surface area contributed by atoms with Crippen LogP contribution in [0.5, 0.6) is 0 Å². The maximum Gasteiger partial charge on any atom is 0.0408 e. The third-order valence-electron chi connectivity index (χ3n) is 3.23. The highest BCUT2D eigenvalue weighted by atomic mass is 35.5. The highest BCUT2D eigenvalue weighted by Gasteiger charge is 2.17. The summed E-state index contributed by atoms with van der Waals surface area (Å²) in [6.45, 7) is 7.56. The van der Waals surface area contributed by atoms with Crippen LogP contribution in [0.15, 0.2) is 41.8 Å². The molecule has 2 aromatic rings. The SMILES string of the molecule is CC(C)(C)NCC(Cc1cccs1)c1cccc(Cl)c1. The molecule has 1 aromatic carbocycles. The average Bonchev–Trinajstić information content (AvgIpc) is 2.86. The lowest BCUT2D eigenvalue weighted by Crippen LogP contribution is -2.39. The molecule has 1 nitrogen and oxygen atoms in total. The third kappa shape index (κ3) is 4.93. The molecule has 2 rings (SSSR count). The van der Waals surface area contributed by atoms with Crippen LogP contribution < -0.4 is 5.32 Å². The molecule has 108 valence electrons. The Balaban J connectivity index is 2.15. The van der Waals surface area contributed by atoms with E-state index in [0.29, 0.717) is 5.92 Å². The minimum Gasteiger partial charge on any atom is -0.311 e. The van der Waals surface area contributed by atoms with Crippen molar-refractivity contribution in [3.05, 3.63) is 57.2 Å². The summed E-state index contributed by atoms with van der Waals surface area (Å²) in [4.78, 5) is 1.42. The Hall–Kier alpha value is -0.830. The molecule has 0 fully saturated rings. The number of halogens is 1. The molecule has 1 atom stereocenters. The second kappa shape index (κ2) is 6.75. The van der Waals surface area contributed by atoms with Crippen LogP contribution in [0.3, 0.4) is 0 Å². The summed E-state index contributed by atoms with van der Waals surface area (Å²) >= 11 is 7.97. The maximum absolute atomic E-state index is 6.14. The fourth-order valence-corrected chi connectivity index (χ4v) is 3.15. The molecule has 0 aliphatic heterocycles. The zero-order valence-electron chi connectivity index (χ0n) is 12.3. The smallest absolute Gasteiger partial charge is 0.0408 e. The van der Waals surface area contributed by atoms with E-state index in [1.807, 2.05) is 23.5 Å². The number of hydrogen-bond donors (Lipinski definition) is 1. The topological polar surface area (TPSA) is 12.0 Å². The van der Waals surface area contributed by atoms with E-state index in [-0.39, 0.29) is 5.54 Å². The molecule has 0 spiro atoms. The van der Waals surface area contributed by atoms with Gasteiger partial charge in [0, 0.05) is 27.9 Å². The van der Waals surface area contributed by atoms with Gasteiger partial charge in [-0.15, -0.1) is 11.3 Å². The van der Waals surface area contributed by atoms with Gasteiger partial charge >= 0.3 is 0 Å². The van der Waals surface area contributed by atoms with Gasteiger partial charge in [-0.2, -0.15) is 0 Å². The summed E-state index contributed by atoms with van der Waals surface area (Å²) in [5.41, 5.74) is 1.44. The number of benzene rings is 1. The van der Waals surface area contributed by atoms with Crippen LogP contribution in [0.1, 0.15) is 37.1 Å². The normalized spacial score (nSPS) is 13.4. The van der Waals surface area contributed by atoms with Crippen LogP contribution in [0.25, 0.3) is 0 Å². The second-order valence-corrected chi connectivity index (χ2v) is 7.63. The first-order valence-electron chi connectivity index (χ1n) is 6.97. The molecule has 0 amide bonds. The van der Waals surface area contributed by atoms with Crippen molar-refractivity contribution in [3.63, 3.8) is 0 Å². The summed E-state index contributed by atoms with van der Waals surface area (Å²) < 4.78 is 0. The van der Waals surface area contributed by atoms with E-state index >= 15 is 0 Å². The second-order valence-electron chi connectivity index (χ2n) is 6.17. The molecule has 1 N–H and O–H groups in total. The molecular weight excluding hydrogens is 286 g/mol.